The molecule has 48 heavy (non-hydrogen) atoms. The summed E-state index contributed by atoms with van der Waals surface area (Å²) in [5, 5.41) is 54.5. The van der Waals surface area contributed by atoms with Crippen molar-refractivity contribution < 1.29 is 57.0 Å². The molecule has 14 heteroatoms. The van der Waals surface area contributed by atoms with Gasteiger partial charge in [0.15, 0.2) is 6.29 Å². The normalized spacial score (nSPS) is 24.0. The van der Waals surface area contributed by atoms with Gasteiger partial charge in [-0.25, -0.2) is 4.18 Å². The van der Waals surface area contributed by atoms with Crippen molar-refractivity contribution in [3.8, 4) is 0 Å². The van der Waals surface area contributed by atoms with Gasteiger partial charge in [0.25, 0.3) is 0 Å². The highest BCUT2D eigenvalue weighted by atomic mass is 32.3. The molecule has 1 aliphatic heterocycles. The van der Waals surface area contributed by atoms with Crippen molar-refractivity contribution >= 4 is 16.3 Å². The molecule has 1 saturated heterocycles. The average Bonchev–Trinajstić information content (AvgIpc) is 3.05. The van der Waals surface area contributed by atoms with Gasteiger partial charge < -0.3 is 40.3 Å². The van der Waals surface area contributed by atoms with E-state index in [0.29, 0.717) is 12.8 Å². The number of carbonyl (C=O) groups excluding carboxylic acids is 1. The second-order valence-corrected chi connectivity index (χ2v) is 13.3. The lowest BCUT2D eigenvalue weighted by Gasteiger charge is -2.41. The van der Waals surface area contributed by atoms with E-state index >= 15 is 0 Å². The van der Waals surface area contributed by atoms with Crippen LogP contribution in [0.1, 0.15) is 110 Å². The molecule has 0 aliphatic carbocycles. The Morgan fingerprint density at radius 3 is 1.96 bits per heavy atom. The molecule has 0 aromatic carbocycles. The first-order valence-corrected chi connectivity index (χ1v) is 18.8. The second-order valence-electron chi connectivity index (χ2n) is 12.2. The molecule has 13 nitrogen and oxygen atoms in total. The summed E-state index contributed by atoms with van der Waals surface area (Å²) in [4.78, 5) is 12.9. The van der Waals surface area contributed by atoms with Gasteiger partial charge in [0.05, 0.1) is 25.4 Å². The first kappa shape index (κ1) is 44.3. The first-order valence-electron chi connectivity index (χ1n) is 17.5. The molecule has 1 heterocycles. The van der Waals surface area contributed by atoms with Crippen LogP contribution in [-0.2, 0) is 28.9 Å². The number of rotatable bonds is 27. The van der Waals surface area contributed by atoms with Gasteiger partial charge in [-0.15, -0.1) is 0 Å². The van der Waals surface area contributed by atoms with Crippen LogP contribution in [0.3, 0.4) is 0 Å². The van der Waals surface area contributed by atoms with Crippen molar-refractivity contribution in [2.45, 2.75) is 159 Å². The summed E-state index contributed by atoms with van der Waals surface area (Å²) < 4.78 is 47.0. The van der Waals surface area contributed by atoms with E-state index in [0.717, 1.165) is 57.8 Å². The molecule has 0 aromatic heterocycles. The Balaban J connectivity index is 2.83. The van der Waals surface area contributed by atoms with Crippen LogP contribution in [0.5, 0.6) is 0 Å². The highest BCUT2D eigenvalue weighted by Gasteiger charge is 2.48. The minimum Gasteiger partial charge on any atom is -0.394 e. The van der Waals surface area contributed by atoms with Gasteiger partial charge >= 0.3 is 10.4 Å². The zero-order chi connectivity index (χ0) is 35.8. The first-order chi connectivity index (χ1) is 22.9. The van der Waals surface area contributed by atoms with E-state index in [1.807, 2.05) is 6.08 Å². The van der Waals surface area contributed by atoms with E-state index < -0.39 is 78.5 Å². The van der Waals surface area contributed by atoms with Gasteiger partial charge in [-0.05, 0) is 38.5 Å². The number of unbranched alkanes of at least 4 members (excludes halogenated alkanes) is 10. The molecule has 7 N–H and O–H groups in total. The largest absolute Gasteiger partial charge is 0.397 e. The number of aliphatic hydroxyl groups excluding tert-OH is 5. The van der Waals surface area contributed by atoms with E-state index in [-0.39, 0.29) is 6.42 Å². The van der Waals surface area contributed by atoms with Crippen LogP contribution in [0, 0.1) is 0 Å². The minimum atomic E-state index is -5.11. The predicted octanol–water partition coefficient (Wildman–Crippen LogP) is 3.40. The second kappa shape index (κ2) is 26.1. The number of hydrogen-bond donors (Lipinski definition) is 7. The molecule has 8 atom stereocenters. The molecule has 1 rings (SSSR count). The van der Waals surface area contributed by atoms with Crippen molar-refractivity contribution in [1.29, 1.82) is 0 Å². The minimum absolute atomic E-state index is 0.232. The van der Waals surface area contributed by atoms with Crippen molar-refractivity contribution in [1.82, 2.24) is 5.32 Å². The van der Waals surface area contributed by atoms with Crippen LogP contribution >= 0.6 is 0 Å². The van der Waals surface area contributed by atoms with Crippen LogP contribution in [0.15, 0.2) is 36.5 Å². The zero-order valence-corrected chi connectivity index (χ0v) is 29.5. The van der Waals surface area contributed by atoms with E-state index in [1.165, 1.54) is 25.3 Å². The Hall–Kier alpha value is -1.72. The summed E-state index contributed by atoms with van der Waals surface area (Å²) in [5.41, 5.74) is 0. The van der Waals surface area contributed by atoms with Crippen molar-refractivity contribution in [3.63, 3.8) is 0 Å². The Morgan fingerprint density at radius 1 is 0.833 bits per heavy atom. The molecule has 1 amide bonds. The SMILES string of the molecule is CCC/C=C/CC/C=C/CC/C=C/C(O)C(COC1OC(CO)C(O)C(OS(=O)(=O)O)C1O)NC(=O)C(O)CCCCCCCCCC. The standard InChI is InChI=1S/C34H61NO12S/c1-3-5-7-9-11-13-14-15-17-18-20-22-27(37)26(35-33(41)28(38)23-21-19-16-12-10-8-6-4-2)25-45-34-31(40)32(47-48(42,43)44)30(39)29(24-36)46-34/h7,9,14-15,20,22,26-32,34,36-40H,3-6,8,10-13,16-19,21,23-25H2,1-2H3,(H,35,41)(H,42,43,44)/b9-7+,15-14+,22-20+. The van der Waals surface area contributed by atoms with Crippen LogP contribution in [-0.4, -0.2) is 107 Å². The fraction of sp³-hybridized carbons (Fsp3) is 0.794. The van der Waals surface area contributed by atoms with Crippen LogP contribution in [0.4, 0.5) is 0 Å². The molecule has 0 aromatic rings. The number of nitrogens with one attached hydrogen (secondary N) is 1. The molecule has 1 aliphatic rings. The Bertz CT molecular complexity index is 1040. The summed E-state index contributed by atoms with van der Waals surface area (Å²) in [6, 6.07) is -1.14. The zero-order valence-electron chi connectivity index (χ0n) is 28.6. The summed E-state index contributed by atoms with van der Waals surface area (Å²) >= 11 is 0. The van der Waals surface area contributed by atoms with E-state index in [9.17, 15) is 38.7 Å². The lowest BCUT2D eigenvalue weighted by atomic mass is 9.99. The van der Waals surface area contributed by atoms with Gasteiger partial charge in [-0.1, -0.05) is 108 Å². The lowest BCUT2D eigenvalue weighted by molar-refractivity contribution is -0.298. The maximum absolute atomic E-state index is 12.9. The Kier molecular flexibility index (Phi) is 24.1. The highest BCUT2D eigenvalue weighted by Crippen LogP contribution is 2.26. The number of allylic oxidation sites excluding steroid dienone is 5. The maximum Gasteiger partial charge on any atom is 0.397 e. The molecular formula is C34H61NO12S. The third-order valence-electron chi connectivity index (χ3n) is 7.99. The summed E-state index contributed by atoms with van der Waals surface area (Å²) in [6.07, 6.45) is 14.3. The number of hydrogen-bond acceptors (Lipinski definition) is 11. The van der Waals surface area contributed by atoms with Crippen molar-refractivity contribution in [3.05, 3.63) is 36.5 Å². The van der Waals surface area contributed by atoms with Gasteiger partial charge in [-0.2, -0.15) is 8.42 Å². The fourth-order valence-electron chi connectivity index (χ4n) is 5.14. The Labute approximate surface area is 287 Å². The third kappa shape index (κ3) is 19.5. The van der Waals surface area contributed by atoms with Crippen LogP contribution < -0.4 is 5.32 Å². The molecule has 0 radical (unpaired) electrons. The quantitative estimate of drug-likeness (QED) is 0.0372. The summed E-state index contributed by atoms with van der Waals surface area (Å²) in [5.74, 6) is -0.726. The number of amides is 1. The average molecular weight is 708 g/mol. The van der Waals surface area contributed by atoms with Crippen molar-refractivity contribution in [2.24, 2.45) is 0 Å². The van der Waals surface area contributed by atoms with Gasteiger partial charge in [0.2, 0.25) is 5.91 Å². The number of carbonyl (C=O) groups is 1. The summed E-state index contributed by atoms with van der Waals surface area (Å²) in [6.45, 7) is 3.01. The molecule has 0 bridgehead atoms. The predicted molar refractivity (Wildman–Crippen MR) is 182 cm³/mol. The maximum atomic E-state index is 12.9. The van der Waals surface area contributed by atoms with E-state index in [4.69, 9.17) is 14.0 Å². The fourth-order valence-corrected chi connectivity index (χ4v) is 5.65. The van der Waals surface area contributed by atoms with Gasteiger partial charge in [0.1, 0.15) is 30.5 Å². The topological polar surface area (TPSA) is 212 Å². The molecule has 0 spiro atoms. The van der Waals surface area contributed by atoms with E-state index in [1.54, 1.807) is 6.08 Å². The number of ether oxygens (including phenoxy) is 2. The third-order valence-corrected chi connectivity index (χ3v) is 8.46. The van der Waals surface area contributed by atoms with Crippen molar-refractivity contribution in [2.75, 3.05) is 13.2 Å². The van der Waals surface area contributed by atoms with E-state index in [2.05, 4.69) is 41.6 Å². The monoisotopic (exact) mass is 707 g/mol. The van der Waals surface area contributed by atoms with Crippen LogP contribution in [0.25, 0.3) is 0 Å². The summed E-state index contributed by atoms with van der Waals surface area (Å²) in [7, 11) is -5.11. The molecular weight excluding hydrogens is 646 g/mol. The Morgan fingerprint density at radius 2 is 1.40 bits per heavy atom. The molecule has 8 unspecified atom stereocenters. The van der Waals surface area contributed by atoms with Gasteiger partial charge in [0, 0.05) is 0 Å². The van der Waals surface area contributed by atoms with Gasteiger partial charge in [-0.3, -0.25) is 9.35 Å². The molecule has 0 saturated carbocycles. The molecule has 280 valence electrons. The van der Waals surface area contributed by atoms with Crippen LogP contribution in [0.2, 0.25) is 0 Å². The molecule has 1 fully saturated rings. The number of aliphatic hydroxyl groups is 5. The highest BCUT2D eigenvalue weighted by molar-refractivity contribution is 7.80. The smallest absolute Gasteiger partial charge is 0.394 e. The lowest BCUT2D eigenvalue weighted by Crippen LogP contribution is -2.61.